The molecule has 0 atom stereocenters. The monoisotopic (exact) mass is 243 g/mol. The Balaban J connectivity index is 2.34. The van der Waals surface area contributed by atoms with Crippen LogP contribution < -0.4 is 0 Å². The lowest BCUT2D eigenvalue weighted by Crippen LogP contribution is -1.76. The molecule has 0 unspecified atom stereocenters. The van der Waals surface area contributed by atoms with E-state index in [1.54, 1.807) is 6.26 Å². The van der Waals surface area contributed by atoms with Crippen LogP contribution in [0.5, 0.6) is 0 Å². The molecule has 2 aromatic rings. The van der Waals surface area contributed by atoms with Gasteiger partial charge in [-0.05, 0) is 0 Å². The summed E-state index contributed by atoms with van der Waals surface area (Å²) in [6.45, 7) is 0. The number of rotatable bonds is 2. The van der Waals surface area contributed by atoms with Gasteiger partial charge in [-0.1, -0.05) is 39.3 Å². The van der Waals surface area contributed by atoms with E-state index in [1.807, 2.05) is 30.3 Å². The van der Waals surface area contributed by atoms with Crippen LogP contribution in [0.25, 0.3) is 11.3 Å². The van der Waals surface area contributed by atoms with Crippen LogP contribution in [0.3, 0.4) is 0 Å². The van der Waals surface area contributed by atoms with Crippen molar-refractivity contribution in [3.05, 3.63) is 36.6 Å². The molecule has 14 heavy (non-hydrogen) atoms. The Bertz CT molecular complexity index is 413. The molecule has 0 amide bonds. The van der Waals surface area contributed by atoms with Gasteiger partial charge in [0.25, 0.3) is 5.22 Å². The summed E-state index contributed by atoms with van der Waals surface area (Å²) in [6, 6.07) is 9.87. The second-order valence-corrected chi connectivity index (χ2v) is 6.98. The molecular formula is C9H9NOS3. The summed E-state index contributed by atoms with van der Waals surface area (Å²) in [5.41, 5.74) is 1.87. The van der Waals surface area contributed by atoms with E-state index in [0.29, 0.717) is 5.22 Å². The lowest BCUT2D eigenvalue weighted by molar-refractivity contribution is 0.455. The largest absolute Gasteiger partial charge is 0.439 e. The Hall–Kier alpha value is -0.520. The highest BCUT2D eigenvalue weighted by molar-refractivity contribution is 9.09. The first-order valence-corrected chi connectivity index (χ1v) is 7.61. The summed E-state index contributed by atoms with van der Waals surface area (Å²) >= 11 is 8.37. The number of thiol groups is 3. The molecule has 0 aliphatic rings. The average molecular weight is 243 g/mol. The molecule has 1 aromatic carbocycles. The van der Waals surface area contributed by atoms with Gasteiger partial charge in [-0.3, -0.25) is 0 Å². The minimum Gasteiger partial charge on any atom is -0.439 e. The van der Waals surface area contributed by atoms with Gasteiger partial charge in [0.2, 0.25) is 0 Å². The van der Waals surface area contributed by atoms with Crippen molar-refractivity contribution < 1.29 is 4.42 Å². The molecule has 1 heterocycles. The summed E-state index contributed by atoms with van der Waals surface area (Å²) in [5, 5.41) is 0.588. The molecule has 5 heteroatoms. The van der Waals surface area contributed by atoms with Crippen molar-refractivity contribution in [1.82, 2.24) is 4.98 Å². The highest BCUT2D eigenvalue weighted by Gasteiger charge is 2.07. The standard InChI is InChI=1S/C9H9NOS3/c12-14(13)9-10-8(6-11-9)7-4-2-1-3-5-7/h1-6,12-14H. The summed E-state index contributed by atoms with van der Waals surface area (Å²) in [7, 11) is -0.854. The number of aromatic nitrogens is 1. The van der Waals surface area contributed by atoms with E-state index in [-0.39, 0.29) is 0 Å². The summed E-state index contributed by atoms with van der Waals surface area (Å²) in [5.74, 6) is 0. The van der Waals surface area contributed by atoms with Gasteiger partial charge in [0.1, 0.15) is 12.0 Å². The van der Waals surface area contributed by atoms with E-state index in [9.17, 15) is 0 Å². The predicted molar refractivity (Wildman–Crippen MR) is 67.2 cm³/mol. The number of benzene rings is 1. The Morgan fingerprint density at radius 2 is 1.86 bits per heavy atom. The number of hydrogen-bond donors (Lipinski definition) is 3. The second kappa shape index (κ2) is 4.33. The second-order valence-electron chi connectivity index (χ2n) is 2.67. The van der Waals surface area contributed by atoms with Crippen molar-refractivity contribution in [2.45, 2.75) is 5.22 Å². The summed E-state index contributed by atoms with van der Waals surface area (Å²) < 4.78 is 5.25. The molecule has 0 saturated carbocycles. The van der Waals surface area contributed by atoms with Crippen molar-refractivity contribution >= 4 is 32.3 Å². The van der Waals surface area contributed by atoms with Crippen LogP contribution in [0.15, 0.2) is 46.2 Å². The third kappa shape index (κ3) is 2.10. The summed E-state index contributed by atoms with van der Waals surface area (Å²) in [4.78, 5) is 4.29. The van der Waals surface area contributed by atoms with Gasteiger partial charge in [0.15, 0.2) is 0 Å². The van der Waals surface area contributed by atoms with Crippen LogP contribution in [0.2, 0.25) is 0 Å². The van der Waals surface area contributed by atoms with Crippen LogP contribution in [0.1, 0.15) is 0 Å². The van der Waals surface area contributed by atoms with Gasteiger partial charge in [-0.2, -0.15) is 0 Å². The van der Waals surface area contributed by atoms with Gasteiger partial charge in [-0.25, -0.2) is 4.98 Å². The van der Waals surface area contributed by atoms with E-state index < -0.39 is 8.96 Å². The third-order valence-electron chi connectivity index (χ3n) is 1.73. The quantitative estimate of drug-likeness (QED) is 0.557. The van der Waals surface area contributed by atoms with E-state index in [2.05, 4.69) is 28.3 Å². The Morgan fingerprint density at radius 1 is 1.14 bits per heavy atom. The fraction of sp³-hybridized carbons (Fsp3) is 0. The molecule has 2 nitrogen and oxygen atoms in total. The first-order valence-electron chi connectivity index (χ1n) is 3.96. The molecule has 0 N–H and O–H groups in total. The molecule has 0 aliphatic carbocycles. The fourth-order valence-electron chi connectivity index (χ4n) is 1.10. The van der Waals surface area contributed by atoms with Crippen LogP contribution in [-0.2, 0) is 0 Å². The third-order valence-corrected chi connectivity index (χ3v) is 3.31. The van der Waals surface area contributed by atoms with E-state index >= 15 is 0 Å². The smallest absolute Gasteiger partial charge is 0.253 e. The molecule has 0 spiro atoms. The van der Waals surface area contributed by atoms with Crippen LogP contribution in [0, 0.1) is 0 Å². The van der Waals surface area contributed by atoms with Crippen molar-refractivity contribution in [3.8, 4) is 11.3 Å². The highest BCUT2D eigenvalue weighted by Crippen LogP contribution is 2.44. The molecule has 0 saturated heterocycles. The Kier molecular flexibility index (Phi) is 3.10. The maximum atomic E-state index is 5.25. The SMILES string of the molecule is S[SH](S)c1nc(-c2ccccc2)co1. The Morgan fingerprint density at radius 3 is 2.43 bits per heavy atom. The normalized spacial score (nSPS) is 11.4. The molecular weight excluding hydrogens is 234 g/mol. The highest BCUT2D eigenvalue weighted by atomic mass is 33.5. The molecule has 0 aliphatic heterocycles. The van der Waals surface area contributed by atoms with Gasteiger partial charge >= 0.3 is 0 Å². The van der Waals surface area contributed by atoms with Crippen LogP contribution in [-0.4, -0.2) is 4.98 Å². The van der Waals surface area contributed by atoms with Crippen molar-refractivity contribution in [3.63, 3.8) is 0 Å². The maximum Gasteiger partial charge on any atom is 0.253 e. The van der Waals surface area contributed by atoms with Crippen LogP contribution in [0.4, 0.5) is 0 Å². The molecule has 0 radical (unpaired) electrons. The number of nitrogens with zero attached hydrogens (tertiary/aromatic N) is 1. The van der Waals surface area contributed by atoms with E-state index in [1.165, 1.54) is 0 Å². The lowest BCUT2D eigenvalue weighted by Gasteiger charge is -1.97. The fourth-order valence-corrected chi connectivity index (χ4v) is 1.99. The zero-order chi connectivity index (χ0) is 9.97. The maximum absolute atomic E-state index is 5.25. The van der Waals surface area contributed by atoms with Crippen molar-refractivity contribution in [2.75, 3.05) is 0 Å². The first kappa shape index (κ1) is 10.0. The minimum atomic E-state index is -0.854. The number of hydrogen-bond acceptors (Lipinski definition) is 4. The van der Waals surface area contributed by atoms with Gasteiger partial charge in [0, 0.05) is 5.56 Å². The molecule has 0 fully saturated rings. The zero-order valence-electron chi connectivity index (χ0n) is 7.16. The van der Waals surface area contributed by atoms with Gasteiger partial charge in [0.05, 0.1) is 0 Å². The zero-order valence-corrected chi connectivity index (χ0v) is 9.84. The van der Waals surface area contributed by atoms with Gasteiger partial charge in [-0.15, -0.1) is 23.3 Å². The van der Waals surface area contributed by atoms with Crippen molar-refractivity contribution in [1.29, 1.82) is 0 Å². The van der Waals surface area contributed by atoms with Gasteiger partial charge < -0.3 is 4.42 Å². The molecule has 2 rings (SSSR count). The molecule has 74 valence electrons. The number of oxazole rings is 1. The average Bonchev–Trinajstić information content (AvgIpc) is 2.68. The minimum absolute atomic E-state index is 0.588. The van der Waals surface area contributed by atoms with E-state index in [4.69, 9.17) is 4.42 Å². The molecule has 1 aromatic heterocycles. The topological polar surface area (TPSA) is 26.0 Å². The summed E-state index contributed by atoms with van der Waals surface area (Å²) in [6.07, 6.45) is 1.63. The molecule has 0 bridgehead atoms. The van der Waals surface area contributed by atoms with Crippen LogP contribution >= 0.6 is 32.3 Å². The van der Waals surface area contributed by atoms with E-state index in [0.717, 1.165) is 11.3 Å². The predicted octanol–water partition coefficient (Wildman–Crippen LogP) is 3.39. The first-order chi connectivity index (χ1) is 6.77. The lowest BCUT2D eigenvalue weighted by atomic mass is 10.2. The Labute approximate surface area is 94.7 Å². The van der Waals surface area contributed by atoms with Crippen molar-refractivity contribution in [2.24, 2.45) is 0 Å².